The van der Waals surface area contributed by atoms with E-state index in [1.165, 1.54) is 7.11 Å². The predicted octanol–water partition coefficient (Wildman–Crippen LogP) is 1.02. The third-order valence-corrected chi connectivity index (χ3v) is 2.81. The van der Waals surface area contributed by atoms with Crippen LogP contribution in [0.4, 0.5) is 0 Å². The third-order valence-electron chi connectivity index (χ3n) is 2.26. The van der Waals surface area contributed by atoms with Crippen LogP contribution in [0, 0.1) is 11.3 Å². The van der Waals surface area contributed by atoms with E-state index in [9.17, 15) is 4.79 Å². The molecule has 2 N–H and O–H groups in total. The average molecular weight is 236 g/mol. The Morgan fingerprint density at radius 2 is 2.31 bits per heavy atom. The average Bonchev–Trinajstić information content (AvgIpc) is 2.31. The van der Waals surface area contributed by atoms with Crippen molar-refractivity contribution in [1.82, 2.24) is 0 Å². The quantitative estimate of drug-likeness (QED) is 0.607. The van der Waals surface area contributed by atoms with E-state index in [0.717, 1.165) is 5.56 Å². The molecular weight excluding hydrogens is 224 g/mol. The number of hydrogen-bond acceptors (Lipinski definition) is 5. The van der Waals surface area contributed by atoms with Crippen molar-refractivity contribution in [3.63, 3.8) is 0 Å². The first-order chi connectivity index (χ1) is 7.63. The molecule has 0 atom stereocenters. The van der Waals surface area contributed by atoms with E-state index in [4.69, 9.17) is 11.0 Å². The molecule has 16 heavy (non-hydrogen) atoms. The number of nitrogens with two attached hydrogens (primary N) is 1. The maximum atomic E-state index is 11.2. The lowest BCUT2D eigenvalue weighted by Gasteiger charge is -2.10. The summed E-state index contributed by atoms with van der Waals surface area (Å²) in [6.07, 6.45) is 0.0338. The molecule has 5 heteroatoms. The summed E-state index contributed by atoms with van der Waals surface area (Å²) in [5.74, 6) is -0.402. The van der Waals surface area contributed by atoms with Crippen LogP contribution in [0.15, 0.2) is 17.0 Å². The van der Waals surface area contributed by atoms with Gasteiger partial charge in [0.15, 0.2) is 0 Å². The van der Waals surface area contributed by atoms with Gasteiger partial charge in [0.05, 0.1) is 25.2 Å². The lowest BCUT2D eigenvalue weighted by Crippen LogP contribution is -2.09. The Morgan fingerprint density at radius 3 is 2.81 bits per heavy atom. The number of ether oxygens (including phenoxy) is 1. The SMILES string of the molecule is COC(=O)Cc1c(C#N)ccc(CN)c1S. The molecule has 0 saturated carbocycles. The van der Waals surface area contributed by atoms with Gasteiger partial charge in [-0.05, 0) is 17.2 Å². The molecular formula is C11H12N2O2S. The monoisotopic (exact) mass is 236 g/mol. The molecule has 0 aliphatic rings. The van der Waals surface area contributed by atoms with Gasteiger partial charge in [-0.3, -0.25) is 4.79 Å². The summed E-state index contributed by atoms with van der Waals surface area (Å²) in [5, 5.41) is 8.92. The molecule has 84 valence electrons. The summed E-state index contributed by atoms with van der Waals surface area (Å²) in [6, 6.07) is 5.40. The zero-order valence-corrected chi connectivity index (χ0v) is 9.75. The standard InChI is InChI=1S/C11H12N2O2S/c1-15-10(14)4-9-7(5-12)2-3-8(6-13)11(9)16/h2-3,16H,4,6,13H2,1H3. The van der Waals surface area contributed by atoms with E-state index >= 15 is 0 Å². The molecule has 0 amide bonds. The highest BCUT2D eigenvalue weighted by atomic mass is 32.1. The minimum Gasteiger partial charge on any atom is -0.469 e. The Bertz CT molecular complexity index is 452. The van der Waals surface area contributed by atoms with Crippen molar-refractivity contribution in [2.24, 2.45) is 5.73 Å². The molecule has 0 fully saturated rings. The molecule has 4 nitrogen and oxygen atoms in total. The number of nitrogens with zero attached hydrogens (tertiary/aromatic N) is 1. The Kier molecular flexibility index (Phi) is 4.35. The largest absolute Gasteiger partial charge is 0.469 e. The number of carbonyl (C=O) groups excluding carboxylic acids is 1. The molecule has 0 unspecified atom stereocenters. The number of hydrogen-bond donors (Lipinski definition) is 2. The van der Waals surface area contributed by atoms with E-state index in [2.05, 4.69) is 17.4 Å². The number of methoxy groups -OCH3 is 1. The van der Waals surface area contributed by atoms with Gasteiger partial charge in [-0.25, -0.2) is 0 Å². The first kappa shape index (κ1) is 12.6. The van der Waals surface area contributed by atoms with Crippen molar-refractivity contribution in [3.8, 4) is 6.07 Å². The summed E-state index contributed by atoms with van der Waals surface area (Å²) in [6.45, 7) is 0.318. The molecule has 1 rings (SSSR count). The van der Waals surface area contributed by atoms with Gasteiger partial charge in [0, 0.05) is 11.4 Å². The number of esters is 1. The van der Waals surface area contributed by atoms with Crippen molar-refractivity contribution >= 4 is 18.6 Å². The van der Waals surface area contributed by atoms with Crippen LogP contribution in [0.1, 0.15) is 16.7 Å². The molecule has 1 aromatic rings. The van der Waals surface area contributed by atoms with Gasteiger partial charge in [0.25, 0.3) is 0 Å². The van der Waals surface area contributed by atoms with Crippen LogP contribution in [-0.4, -0.2) is 13.1 Å². The number of carbonyl (C=O) groups is 1. The fraction of sp³-hybridized carbons (Fsp3) is 0.273. The summed E-state index contributed by atoms with van der Waals surface area (Å²) in [4.78, 5) is 11.8. The van der Waals surface area contributed by atoms with E-state index < -0.39 is 5.97 Å². The lowest BCUT2D eigenvalue weighted by molar-refractivity contribution is -0.139. The predicted molar refractivity (Wildman–Crippen MR) is 62.0 cm³/mol. The number of thiol groups is 1. The molecule has 0 spiro atoms. The zero-order chi connectivity index (χ0) is 12.1. The molecule has 0 aromatic heterocycles. The van der Waals surface area contributed by atoms with Gasteiger partial charge < -0.3 is 10.5 Å². The van der Waals surface area contributed by atoms with Gasteiger partial charge in [-0.15, -0.1) is 12.6 Å². The maximum Gasteiger partial charge on any atom is 0.310 e. The maximum absolute atomic E-state index is 11.2. The second kappa shape index (κ2) is 5.54. The van der Waals surface area contributed by atoms with Gasteiger partial charge in [0.2, 0.25) is 0 Å². The second-order valence-electron chi connectivity index (χ2n) is 3.17. The molecule has 0 aliphatic heterocycles. The molecule has 0 saturated heterocycles. The zero-order valence-electron chi connectivity index (χ0n) is 8.86. The third kappa shape index (κ3) is 2.54. The second-order valence-corrected chi connectivity index (χ2v) is 3.62. The number of benzene rings is 1. The van der Waals surface area contributed by atoms with Crippen LogP contribution in [-0.2, 0) is 22.5 Å². The van der Waals surface area contributed by atoms with E-state index in [-0.39, 0.29) is 6.42 Å². The van der Waals surface area contributed by atoms with Crippen LogP contribution in [0.25, 0.3) is 0 Å². The highest BCUT2D eigenvalue weighted by Crippen LogP contribution is 2.23. The summed E-state index contributed by atoms with van der Waals surface area (Å²) >= 11 is 4.29. The van der Waals surface area contributed by atoms with Gasteiger partial charge in [0.1, 0.15) is 0 Å². The fourth-order valence-corrected chi connectivity index (χ4v) is 1.72. The first-order valence-electron chi connectivity index (χ1n) is 4.64. The Morgan fingerprint density at radius 1 is 1.62 bits per heavy atom. The Hall–Kier alpha value is -1.51. The van der Waals surface area contributed by atoms with Crippen LogP contribution in [0.3, 0.4) is 0 Å². The summed E-state index contributed by atoms with van der Waals surface area (Å²) < 4.78 is 4.57. The Balaban J connectivity index is 3.22. The summed E-state index contributed by atoms with van der Waals surface area (Å²) in [5.41, 5.74) is 7.33. The fourth-order valence-electron chi connectivity index (χ4n) is 1.35. The van der Waals surface area contributed by atoms with Gasteiger partial charge in [-0.1, -0.05) is 6.07 Å². The van der Waals surface area contributed by atoms with Crippen LogP contribution >= 0.6 is 12.6 Å². The number of rotatable bonds is 3. The molecule has 0 aliphatic carbocycles. The van der Waals surface area contributed by atoms with Crippen LogP contribution < -0.4 is 5.73 Å². The van der Waals surface area contributed by atoms with Crippen LogP contribution in [0.5, 0.6) is 0 Å². The normalized spacial score (nSPS) is 9.62. The minimum absolute atomic E-state index is 0.0338. The van der Waals surface area contributed by atoms with Crippen molar-refractivity contribution in [1.29, 1.82) is 5.26 Å². The topological polar surface area (TPSA) is 76.1 Å². The summed E-state index contributed by atoms with van der Waals surface area (Å²) in [7, 11) is 1.30. The lowest BCUT2D eigenvalue weighted by atomic mass is 10.0. The van der Waals surface area contributed by atoms with E-state index in [0.29, 0.717) is 22.6 Å². The molecule has 0 heterocycles. The van der Waals surface area contributed by atoms with Crippen molar-refractivity contribution in [3.05, 3.63) is 28.8 Å². The minimum atomic E-state index is -0.402. The van der Waals surface area contributed by atoms with Gasteiger partial charge in [-0.2, -0.15) is 5.26 Å². The van der Waals surface area contributed by atoms with Crippen molar-refractivity contribution in [2.45, 2.75) is 17.9 Å². The molecule has 1 aromatic carbocycles. The van der Waals surface area contributed by atoms with E-state index in [1.807, 2.05) is 6.07 Å². The molecule has 0 bridgehead atoms. The highest BCUT2D eigenvalue weighted by Gasteiger charge is 2.13. The Labute approximate surface area is 99.4 Å². The molecule has 0 radical (unpaired) electrons. The highest BCUT2D eigenvalue weighted by molar-refractivity contribution is 7.80. The van der Waals surface area contributed by atoms with Crippen molar-refractivity contribution < 1.29 is 9.53 Å². The first-order valence-corrected chi connectivity index (χ1v) is 5.09. The van der Waals surface area contributed by atoms with Crippen molar-refractivity contribution in [2.75, 3.05) is 7.11 Å². The number of nitriles is 1. The van der Waals surface area contributed by atoms with E-state index in [1.54, 1.807) is 12.1 Å². The smallest absolute Gasteiger partial charge is 0.310 e. The van der Waals surface area contributed by atoms with Gasteiger partial charge >= 0.3 is 5.97 Å². The van der Waals surface area contributed by atoms with Crippen LogP contribution in [0.2, 0.25) is 0 Å².